The Morgan fingerprint density at radius 2 is 2.12 bits per heavy atom. The molecule has 3 rings (SSSR count). The molecule has 0 aliphatic carbocycles. The quantitative estimate of drug-likeness (QED) is 0.577. The average molecular weight is 402 g/mol. The van der Waals surface area contributed by atoms with Crippen molar-refractivity contribution in [2.75, 3.05) is 13.2 Å². The number of esters is 1. The van der Waals surface area contributed by atoms with Crippen LogP contribution >= 0.6 is 23.2 Å². The zero-order chi connectivity index (χ0) is 18.2. The molecule has 2 heterocycles. The van der Waals surface area contributed by atoms with Gasteiger partial charge in [-0.3, -0.25) is 4.79 Å². The Kier molecular flexibility index (Phi) is 4.97. The molecule has 0 N–H and O–H groups in total. The predicted octanol–water partition coefficient (Wildman–Crippen LogP) is 2.52. The second-order valence-electron chi connectivity index (χ2n) is 5.24. The van der Waals surface area contributed by atoms with Crippen LogP contribution in [-0.2, 0) is 26.1 Å². The van der Waals surface area contributed by atoms with Gasteiger partial charge in [-0.15, -0.1) is 0 Å². The van der Waals surface area contributed by atoms with Crippen LogP contribution in [0.3, 0.4) is 0 Å². The number of carbonyl (C=O) groups is 1. The third kappa shape index (κ3) is 3.48. The minimum atomic E-state index is -3.80. The fourth-order valence-corrected chi connectivity index (χ4v) is 4.46. The molecule has 0 bridgehead atoms. The Hall–Kier alpha value is -1.74. The van der Waals surface area contributed by atoms with E-state index >= 15 is 0 Å². The van der Waals surface area contributed by atoms with E-state index in [0.717, 1.165) is 4.31 Å². The number of fused-ring (bicyclic) bond motifs is 1. The Bertz CT molecular complexity index is 950. The van der Waals surface area contributed by atoms with Gasteiger partial charge in [-0.1, -0.05) is 23.7 Å². The minimum Gasteiger partial charge on any atom is -0.465 e. The van der Waals surface area contributed by atoms with E-state index in [-0.39, 0.29) is 34.9 Å². The van der Waals surface area contributed by atoms with Gasteiger partial charge in [0.15, 0.2) is 0 Å². The highest BCUT2D eigenvalue weighted by Crippen LogP contribution is 2.35. The van der Waals surface area contributed by atoms with Gasteiger partial charge in [0.1, 0.15) is 6.54 Å². The fourth-order valence-electron chi connectivity index (χ4n) is 2.53. The van der Waals surface area contributed by atoms with Gasteiger partial charge >= 0.3 is 5.97 Å². The third-order valence-electron chi connectivity index (χ3n) is 3.63. The lowest BCUT2D eigenvalue weighted by Gasteiger charge is -2.13. The Balaban J connectivity index is 1.98. The maximum Gasteiger partial charge on any atom is 0.321 e. The number of sulfonamides is 1. The normalized spacial score (nSPS) is 15.8. The third-order valence-corrected chi connectivity index (χ3v) is 5.96. The summed E-state index contributed by atoms with van der Waals surface area (Å²) in [6, 6.07) is 4.84. The van der Waals surface area contributed by atoms with Crippen molar-refractivity contribution in [3.63, 3.8) is 0 Å². The molecule has 1 aromatic carbocycles. The molecule has 0 unspecified atom stereocenters. The Morgan fingerprint density at radius 3 is 2.84 bits per heavy atom. The van der Waals surface area contributed by atoms with Crippen LogP contribution in [-0.4, -0.2) is 41.8 Å². The molecule has 0 saturated carbocycles. The summed E-state index contributed by atoms with van der Waals surface area (Å²) in [5.41, 5.74) is 1.42. The van der Waals surface area contributed by atoms with Crippen molar-refractivity contribution in [2.24, 2.45) is 0 Å². The molecule has 1 aliphatic rings. The van der Waals surface area contributed by atoms with Gasteiger partial charge in [-0.2, -0.15) is 4.31 Å². The Labute approximate surface area is 154 Å². The number of nitrogens with zero attached hydrogens (tertiary/aromatic N) is 3. The van der Waals surface area contributed by atoms with Crippen molar-refractivity contribution in [1.29, 1.82) is 0 Å². The molecule has 0 fully saturated rings. The van der Waals surface area contributed by atoms with E-state index in [9.17, 15) is 13.2 Å². The van der Waals surface area contributed by atoms with Gasteiger partial charge in [-0.25, -0.2) is 18.4 Å². The molecule has 2 aromatic rings. The molecule has 7 nitrogen and oxygen atoms in total. The van der Waals surface area contributed by atoms with Crippen molar-refractivity contribution in [3.05, 3.63) is 40.3 Å². The van der Waals surface area contributed by atoms with Crippen molar-refractivity contribution >= 4 is 39.2 Å². The molecule has 10 heteroatoms. The first-order chi connectivity index (χ1) is 11.8. The first-order valence-electron chi connectivity index (χ1n) is 7.30. The van der Waals surface area contributed by atoms with Crippen LogP contribution in [0.1, 0.15) is 12.5 Å². The fraction of sp³-hybridized carbons (Fsp3) is 0.267. The number of hydrogen-bond acceptors (Lipinski definition) is 6. The molecular formula is C15H13Cl2N3O4S. The highest BCUT2D eigenvalue weighted by molar-refractivity contribution is 7.89. The molecule has 0 radical (unpaired) electrons. The molecule has 0 amide bonds. The average Bonchev–Trinajstić information content (AvgIpc) is 2.80. The van der Waals surface area contributed by atoms with Crippen LogP contribution < -0.4 is 0 Å². The molecule has 1 aliphatic heterocycles. The molecule has 0 spiro atoms. The topological polar surface area (TPSA) is 89.5 Å². The smallest absolute Gasteiger partial charge is 0.321 e. The monoisotopic (exact) mass is 401 g/mol. The van der Waals surface area contributed by atoms with E-state index in [2.05, 4.69) is 9.97 Å². The molecule has 1 aromatic heterocycles. The van der Waals surface area contributed by atoms with Gasteiger partial charge in [0, 0.05) is 12.1 Å². The molecule has 0 saturated heterocycles. The number of aromatic nitrogens is 2. The van der Waals surface area contributed by atoms with E-state index < -0.39 is 16.0 Å². The highest BCUT2D eigenvalue weighted by Gasteiger charge is 2.36. The minimum absolute atomic E-state index is 0.00620. The van der Waals surface area contributed by atoms with Crippen molar-refractivity contribution in [3.8, 4) is 11.3 Å². The van der Waals surface area contributed by atoms with Crippen LogP contribution in [0.5, 0.6) is 0 Å². The maximum absolute atomic E-state index is 12.7. The highest BCUT2D eigenvalue weighted by atomic mass is 35.5. The predicted molar refractivity (Wildman–Crippen MR) is 91.7 cm³/mol. The number of carbonyl (C=O) groups excluding carboxylic acids is 1. The summed E-state index contributed by atoms with van der Waals surface area (Å²) in [6.07, 6.45) is 1.35. The lowest BCUT2D eigenvalue weighted by Crippen LogP contribution is -2.31. The Morgan fingerprint density at radius 1 is 1.36 bits per heavy atom. The van der Waals surface area contributed by atoms with Gasteiger partial charge in [-0.05, 0) is 30.2 Å². The summed E-state index contributed by atoms with van der Waals surface area (Å²) in [4.78, 5) is 19.6. The summed E-state index contributed by atoms with van der Waals surface area (Å²) in [5.74, 6) is -0.593. The molecule has 25 heavy (non-hydrogen) atoms. The second-order valence-corrected chi connectivity index (χ2v) is 7.89. The second kappa shape index (κ2) is 6.87. The lowest BCUT2D eigenvalue weighted by molar-refractivity contribution is -0.143. The van der Waals surface area contributed by atoms with Crippen LogP contribution in [0, 0.1) is 0 Å². The van der Waals surface area contributed by atoms with Crippen molar-refractivity contribution < 1.29 is 17.9 Å². The van der Waals surface area contributed by atoms with E-state index in [0.29, 0.717) is 16.8 Å². The van der Waals surface area contributed by atoms with E-state index in [1.54, 1.807) is 19.1 Å². The summed E-state index contributed by atoms with van der Waals surface area (Å²) in [7, 11) is -3.80. The molecule has 132 valence electrons. The van der Waals surface area contributed by atoms with E-state index in [1.807, 2.05) is 0 Å². The first kappa shape index (κ1) is 18.1. The number of halogens is 2. The van der Waals surface area contributed by atoms with Gasteiger partial charge < -0.3 is 4.74 Å². The van der Waals surface area contributed by atoms with Crippen LogP contribution in [0.4, 0.5) is 0 Å². The van der Waals surface area contributed by atoms with E-state index in [1.165, 1.54) is 12.3 Å². The zero-order valence-electron chi connectivity index (χ0n) is 13.1. The summed E-state index contributed by atoms with van der Waals surface area (Å²) in [6.45, 7) is 1.63. The standard InChI is InChI=1S/C15H13Cl2N3O4S/c1-2-24-13(21)8-20-7-10-4-3-9(5-12(10)25(20,22)23)14-11(16)6-18-15(17)19-14/h3-6H,2,7-8H2,1H3. The van der Waals surface area contributed by atoms with Gasteiger partial charge in [0.05, 0.1) is 28.4 Å². The summed E-state index contributed by atoms with van der Waals surface area (Å²) in [5, 5.41) is 0.259. The maximum atomic E-state index is 12.7. The van der Waals surface area contributed by atoms with E-state index in [4.69, 9.17) is 27.9 Å². The largest absolute Gasteiger partial charge is 0.465 e. The SMILES string of the molecule is CCOC(=O)CN1Cc2ccc(-c3nc(Cl)ncc3Cl)cc2S1(=O)=O. The zero-order valence-corrected chi connectivity index (χ0v) is 15.4. The van der Waals surface area contributed by atoms with Gasteiger partial charge in [0.25, 0.3) is 0 Å². The van der Waals surface area contributed by atoms with Crippen LogP contribution in [0.25, 0.3) is 11.3 Å². The molecule has 0 atom stereocenters. The van der Waals surface area contributed by atoms with Crippen molar-refractivity contribution in [2.45, 2.75) is 18.4 Å². The van der Waals surface area contributed by atoms with Gasteiger partial charge in [0.2, 0.25) is 15.3 Å². The summed E-state index contributed by atoms with van der Waals surface area (Å²) < 4.78 is 31.3. The lowest BCUT2D eigenvalue weighted by atomic mass is 10.1. The number of hydrogen-bond donors (Lipinski definition) is 0. The van der Waals surface area contributed by atoms with Crippen molar-refractivity contribution in [1.82, 2.24) is 14.3 Å². The molecular weight excluding hydrogens is 389 g/mol. The van der Waals surface area contributed by atoms with Crippen LogP contribution in [0.2, 0.25) is 10.3 Å². The first-order valence-corrected chi connectivity index (χ1v) is 9.49. The van der Waals surface area contributed by atoms with Crippen LogP contribution in [0.15, 0.2) is 29.3 Å². The number of rotatable bonds is 4. The number of benzene rings is 1. The number of ether oxygens (including phenoxy) is 1. The summed E-state index contributed by atoms with van der Waals surface area (Å²) >= 11 is 11.9.